The Hall–Kier alpha value is -0.230. The van der Waals surface area contributed by atoms with Crippen LogP contribution in [0.15, 0.2) is 34.3 Å². The van der Waals surface area contributed by atoms with Crippen molar-refractivity contribution in [2.75, 3.05) is 0 Å². The molecule has 1 rings (SSSR count). The fraction of sp³-hybridized carbons (Fsp3) is 0.333. The quantitative estimate of drug-likeness (QED) is 0.243. The van der Waals surface area contributed by atoms with Crippen LogP contribution in [0.1, 0.15) is 17.4 Å². The van der Waals surface area contributed by atoms with Gasteiger partial charge in [-0.15, -0.1) is 0 Å². The molecule has 0 amide bonds. The van der Waals surface area contributed by atoms with Gasteiger partial charge in [-0.25, -0.2) is 0 Å². The van der Waals surface area contributed by atoms with Crippen molar-refractivity contribution < 1.29 is 10.0 Å². The van der Waals surface area contributed by atoms with E-state index >= 15 is 0 Å². The average Bonchev–Trinajstić information content (AvgIpc) is 2.35. The molecule has 2 unspecified atom stereocenters. The van der Waals surface area contributed by atoms with Crippen molar-refractivity contribution in [3.63, 3.8) is 0 Å². The standard InChI is InChI=1S/C9H10Cl4N3O3P/c10-8(5-9(17)14-15-20(11,12)13)6-1-3-7(4-2-6)16(18)19/h1-4,8-9,17,20H,5H2. The van der Waals surface area contributed by atoms with Gasteiger partial charge in [0, 0.05) is 0 Å². The number of nitro groups is 1. The van der Waals surface area contributed by atoms with Crippen molar-refractivity contribution in [1.29, 1.82) is 0 Å². The van der Waals surface area contributed by atoms with Crippen molar-refractivity contribution >= 4 is 56.5 Å². The zero-order valence-corrected chi connectivity index (χ0v) is 13.8. The molecule has 0 aliphatic rings. The Morgan fingerprint density at radius 2 is 1.85 bits per heavy atom. The van der Waals surface area contributed by atoms with E-state index in [0.717, 1.165) is 0 Å². The molecule has 2 atom stereocenters. The molecule has 11 heteroatoms. The Bertz CT molecular complexity index is 494. The molecule has 0 spiro atoms. The molecular formula is C9H10Cl4N3O3P. The zero-order valence-electron chi connectivity index (χ0n) is 9.79. The molecule has 1 aromatic rings. The van der Waals surface area contributed by atoms with Gasteiger partial charge in [0.1, 0.15) is 0 Å². The third-order valence-corrected chi connectivity index (χ3v) is 3.64. The van der Waals surface area contributed by atoms with E-state index < -0.39 is 22.0 Å². The molecule has 20 heavy (non-hydrogen) atoms. The third kappa shape index (κ3) is 6.48. The van der Waals surface area contributed by atoms with Crippen LogP contribution in [0.4, 0.5) is 5.69 Å². The summed E-state index contributed by atoms with van der Waals surface area (Å²) in [5, 5.41) is 23.0. The van der Waals surface area contributed by atoms with Crippen molar-refractivity contribution in [1.82, 2.24) is 0 Å². The first-order chi connectivity index (χ1) is 9.19. The molecule has 112 valence electrons. The van der Waals surface area contributed by atoms with Crippen molar-refractivity contribution in [2.45, 2.75) is 18.0 Å². The fourth-order valence-electron chi connectivity index (χ4n) is 1.31. The normalized spacial score (nSPS) is 16.1. The molecule has 0 heterocycles. The third-order valence-electron chi connectivity index (χ3n) is 2.19. The average molecular weight is 381 g/mol. The SMILES string of the molecule is O=[N+]([O-])c1ccc(C(Cl)CC(O)N=N[PH](Cl)(Cl)Cl)cc1. The summed E-state index contributed by atoms with van der Waals surface area (Å²) in [6.07, 6.45) is -1.17. The van der Waals surface area contributed by atoms with Gasteiger partial charge in [0.2, 0.25) is 0 Å². The second kappa shape index (κ2) is 7.69. The summed E-state index contributed by atoms with van der Waals surface area (Å²) < 4.78 is 0. The Morgan fingerprint density at radius 3 is 2.30 bits per heavy atom. The van der Waals surface area contributed by atoms with Crippen molar-refractivity contribution in [3.05, 3.63) is 39.9 Å². The number of nitro benzene ring substituents is 1. The number of halogens is 4. The summed E-state index contributed by atoms with van der Waals surface area (Å²) in [5.74, 6) is 0. The van der Waals surface area contributed by atoms with Gasteiger partial charge in [0.15, 0.2) is 0 Å². The Labute approximate surface area is 134 Å². The number of hydrogen-bond donors (Lipinski definition) is 1. The molecule has 1 N–H and O–H groups in total. The van der Waals surface area contributed by atoms with Crippen molar-refractivity contribution in [3.8, 4) is 0 Å². The molecule has 6 nitrogen and oxygen atoms in total. The van der Waals surface area contributed by atoms with E-state index in [9.17, 15) is 15.2 Å². The van der Waals surface area contributed by atoms with Crippen molar-refractivity contribution in [2.24, 2.45) is 10.00 Å². The molecule has 1 aromatic carbocycles. The maximum absolute atomic E-state index is 10.5. The second-order valence-corrected chi connectivity index (χ2v) is 12.0. The number of aliphatic hydroxyl groups excluding tert-OH is 1. The van der Waals surface area contributed by atoms with Crippen LogP contribution in [0.25, 0.3) is 0 Å². The van der Waals surface area contributed by atoms with Gasteiger partial charge >= 0.3 is 134 Å². The van der Waals surface area contributed by atoms with E-state index in [1.165, 1.54) is 24.3 Å². The van der Waals surface area contributed by atoms with Gasteiger partial charge in [-0.05, 0) is 0 Å². The zero-order chi connectivity index (χ0) is 15.3. The summed E-state index contributed by atoms with van der Waals surface area (Å²) in [6, 6.07) is 5.66. The summed E-state index contributed by atoms with van der Waals surface area (Å²) in [6.45, 7) is 0. The molecule has 0 saturated heterocycles. The molecule has 0 radical (unpaired) electrons. The van der Waals surface area contributed by atoms with E-state index in [1.807, 2.05) is 0 Å². The minimum atomic E-state index is -3.27. The predicted molar refractivity (Wildman–Crippen MR) is 83.0 cm³/mol. The molecule has 0 aromatic heterocycles. The molecule has 0 fully saturated rings. The number of aliphatic hydroxyl groups is 1. The first kappa shape index (κ1) is 17.8. The van der Waals surface area contributed by atoms with Crippen LogP contribution in [-0.4, -0.2) is 16.3 Å². The molecule has 0 aliphatic carbocycles. The summed E-state index contributed by atoms with van der Waals surface area (Å²) in [4.78, 5) is 13.4. The minimum absolute atomic E-state index is 0.0397. The van der Waals surface area contributed by atoms with Gasteiger partial charge in [0.05, 0.1) is 0 Å². The Balaban J connectivity index is 2.64. The summed E-state index contributed by atoms with van der Waals surface area (Å²) in [5.41, 5.74) is -2.71. The maximum atomic E-state index is 10.5. The van der Waals surface area contributed by atoms with Gasteiger partial charge < -0.3 is 0 Å². The predicted octanol–water partition coefficient (Wildman–Crippen LogP) is 5.16. The summed E-state index contributed by atoms with van der Waals surface area (Å²) in [7, 11) is 0. The van der Waals surface area contributed by atoms with E-state index in [1.54, 1.807) is 0 Å². The second-order valence-electron chi connectivity index (χ2n) is 3.72. The monoisotopic (exact) mass is 379 g/mol. The number of hydrogen-bond acceptors (Lipinski definition) is 5. The van der Waals surface area contributed by atoms with E-state index in [2.05, 4.69) is 10.00 Å². The molecule has 0 aliphatic heterocycles. The number of alkyl halides is 1. The number of non-ortho nitro benzene ring substituents is 1. The van der Waals surface area contributed by atoms with Gasteiger partial charge in [-0.1, -0.05) is 0 Å². The van der Waals surface area contributed by atoms with E-state index in [-0.39, 0.29) is 12.1 Å². The summed E-state index contributed by atoms with van der Waals surface area (Å²) >= 11 is 22.5. The fourth-order valence-corrected chi connectivity index (χ4v) is 2.27. The first-order valence-corrected chi connectivity index (χ1v) is 10.7. The van der Waals surface area contributed by atoms with E-state index in [4.69, 9.17) is 45.3 Å². The Morgan fingerprint density at radius 1 is 1.30 bits per heavy atom. The first-order valence-electron chi connectivity index (χ1n) is 5.24. The van der Waals surface area contributed by atoms with Crippen LogP contribution in [0.3, 0.4) is 0 Å². The molecule has 0 saturated carbocycles. The van der Waals surface area contributed by atoms with Gasteiger partial charge in [-0.3, -0.25) is 0 Å². The molecule has 0 bridgehead atoms. The van der Waals surface area contributed by atoms with Crippen LogP contribution in [0.2, 0.25) is 0 Å². The number of benzene rings is 1. The van der Waals surface area contributed by atoms with Gasteiger partial charge in [-0.2, -0.15) is 0 Å². The van der Waals surface area contributed by atoms with Crippen LogP contribution in [-0.2, 0) is 0 Å². The Kier molecular flexibility index (Phi) is 6.85. The van der Waals surface area contributed by atoms with Crippen LogP contribution in [0.5, 0.6) is 0 Å². The molecular weight excluding hydrogens is 371 g/mol. The van der Waals surface area contributed by atoms with Gasteiger partial charge in [0.25, 0.3) is 0 Å². The van der Waals surface area contributed by atoms with Crippen LogP contribution in [0, 0.1) is 10.1 Å². The van der Waals surface area contributed by atoms with Crippen LogP contribution >= 0.6 is 50.8 Å². The van der Waals surface area contributed by atoms with E-state index in [0.29, 0.717) is 5.56 Å². The number of rotatable bonds is 6. The topological polar surface area (TPSA) is 88.1 Å². The number of nitrogens with zero attached hydrogens (tertiary/aromatic N) is 3. The van der Waals surface area contributed by atoms with Crippen LogP contribution < -0.4 is 0 Å².